The largest absolute Gasteiger partial charge is 0.479 e. The minimum atomic E-state index is -1.11. The summed E-state index contributed by atoms with van der Waals surface area (Å²) in [6.45, 7) is -0.135. The predicted octanol–water partition coefficient (Wildman–Crippen LogP) is 0.764. The Bertz CT molecular complexity index is 918. The highest BCUT2D eigenvalue weighted by atomic mass is 16.5. The molecule has 9 heteroatoms. The molecule has 3 rings (SSSR count). The van der Waals surface area contributed by atoms with Crippen molar-refractivity contribution in [3.8, 4) is 5.88 Å². The summed E-state index contributed by atoms with van der Waals surface area (Å²) in [5, 5.41) is 29.1. The van der Waals surface area contributed by atoms with Gasteiger partial charge in [0.1, 0.15) is 24.1 Å². The zero-order valence-electron chi connectivity index (χ0n) is 16.5. The molecular weight excluding hydrogens is 376 g/mol. The molecule has 2 heterocycles. The SMILES string of the molecule is COc1ncnc2c(N(C)[C@H](CO)[C@H](O)CO)cn(COCc3ccccc3)c12. The lowest BCUT2D eigenvalue weighted by molar-refractivity contribution is 0.0532. The molecule has 0 spiro atoms. The van der Waals surface area contributed by atoms with Gasteiger partial charge in [0.15, 0.2) is 0 Å². The number of aliphatic hydroxyl groups is 3. The Kier molecular flexibility index (Phi) is 6.99. The number of benzene rings is 1. The van der Waals surface area contributed by atoms with E-state index in [1.807, 2.05) is 34.9 Å². The summed E-state index contributed by atoms with van der Waals surface area (Å²) >= 11 is 0. The van der Waals surface area contributed by atoms with Crippen molar-refractivity contribution in [3.05, 3.63) is 48.4 Å². The lowest BCUT2D eigenvalue weighted by atomic mass is 10.1. The Morgan fingerprint density at radius 3 is 2.55 bits per heavy atom. The van der Waals surface area contributed by atoms with Crippen molar-refractivity contribution in [2.45, 2.75) is 25.5 Å². The van der Waals surface area contributed by atoms with Gasteiger partial charge in [0.2, 0.25) is 5.88 Å². The van der Waals surface area contributed by atoms with E-state index in [-0.39, 0.29) is 13.3 Å². The summed E-state index contributed by atoms with van der Waals surface area (Å²) in [7, 11) is 3.25. The highest BCUT2D eigenvalue weighted by molar-refractivity contribution is 5.92. The van der Waals surface area contributed by atoms with E-state index in [1.54, 1.807) is 18.1 Å². The average Bonchev–Trinajstić information content (AvgIpc) is 3.13. The molecule has 29 heavy (non-hydrogen) atoms. The first kappa shape index (κ1) is 21.0. The Hall–Kier alpha value is -2.72. The number of rotatable bonds is 10. The minimum absolute atomic E-state index is 0.231. The van der Waals surface area contributed by atoms with Crippen LogP contribution in [0.1, 0.15) is 5.56 Å². The smallest absolute Gasteiger partial charge is 0.241 e. The van der Waals surface area contributed by atoms with Gasteiger partial charge in [0.05, 0.1) is 44.8 Å². The van der Waals surface area contributed by atoms with Crippen molar-refractivity contribution in [2.75, 3.05) is 32.3 Å². The molecule has 0 unspecified atom stereocenters. The molecule has 2 aromatic heterocycles. The van der Waals surface area contributed by atoms with Crippen LogP contribution in [0.3, 0.4) is 0 Å². The minimum Gasteiger partial charge on any atom is -0.479 e. The maximum absolute atomic E-state index is 10.1. The number of aromatic nitrogens is 3. The first-order valence-corrected chi connectivity index (χ1v) is 9.22. The van der Waals surface area contributed by atoms with Gasteiger partial charge in [-0.2, -0.15) is 4.98 Å². The quantitative estimate of drug-likeness (QED) is 0.456. The Balaban J connectivity index is 1.92. The van der Waals surface area contributed by atoms with Gasteiger partial charge in [-0.05, 0) is 5.56 Å². The van der Waals surface area contributed by atoms with Crippen LogP contribution in [-0.2, 0) is 18.1 Å². The van der Waals surface area contributed by atoms with Crippen LogP contribution in [-0.4, -0.2) is 69.4 Å². The van der Waals surface area contributed by atoms with Crippen LogP contribution in [0.2, 0.25) is 0 Å². The molecule has 0 radical (unpaired) electrons. The number of hydrogen-bond acceptors (Lipinski definition) is 8. The second kappa shape index (κ2) is 9.66. The molecule has 0 aliphatic heterocycles. The molecule has 156 valence electrons. The van der Waals surface area contributed by atoms with Gasteiger partial charge in [0, 0.05) is 13.2 Å². The molecule has 0 fully saturated rings. The number of anilines is 1. The molecule has 3 aromatic rings. The van der Waals surface area contributed by atoms with Crippen LogP contribution in [0, 0.1) is 0 Å². The molecule has 2 atom stereocenters. The van der Waals surface area contributed by atoms with Crippen LogP contribution in [0.5, 0.6) is 5.88 Å². The van der Waals surface area contributed by atoms with Crippen LogP contribution >= 0.6 is 0 Å². The molecule has 9 nitrogen and oxygen atoms in total. The fraction of sp³-hybridized carbons (Fsp3) is 0.400. The van der Waals surface area contributed by atoms with E-state index in [4.69, 9.17) is 9.47 Å². The number of likely N-dealkylation sites (N-methyl/N-ethyl adjacent to an activating group) is 1. The number of aliphatic hydroxyl groups excluding tert-OH is 3. The lowest BCUT2D eigenvalue weighted by Crippen LogP contribution is -2.45. The third kappa shape index (κ3) is 4.48. The molecule has 0 aliphatic carbocycles. The van der Waals surface area contributed by atoms with Crippen LogP contribution in [0.15, 0.2) is 42.9 Å². The molecule has 0 amide bonds. The maximum Gasteiger partial charge on any atom is 0.241 e. The van der Waals surface area contributed by atoms with Gasteiger partial charge in [-0.15, -0.1) is 0 Å². The van der Waals surface area contributed by atoms with Gasteiger partial charge < -0.3 is 34.3 Å². The Labute approximate surface area is 168 Å². The van der Waals surface area contributed by atoms with E-state index in [0.29, 0.717) is 29.2 Å². The van der Waals surface area contributed by atoms with E-state index in [9.17, 15) is 15.3 Å². The first-order chi connectivity index (χ1) is 14.1. The van der Waals surface area contributed by atoms with E-state index in [1.165, 1.54) is 13.4 Å². The fourth-order valence-corrected chi connectivity index (χ4v) is 3.23. The number of ether oxygens (including phenoxy) is 2. The maximum atomic E-state index is 10.1. The molecular formula is C20H26N4O5. The van der Waals surface area contributed by atoms with Crippen molar-refractivity contribution in [2.24, 2.45) is 0 Å². The van der Waals surface area contributed by atoms with Crippen molar-refractivity contribution in [1.82, 2.24) is 14.5 Å². The molecule has 1 aromatic carbocycles. The standard InChI is InChI=1S/C20H26N4O5/c1-23(16(9-25)17(27)10-26)15-8-24(13-29-11-14-6-4-3-5-7-14)19-18(15)21-12-22-20(19)28-2/h3-8,12,16-17,25-27H,9-11,13H2,1-2H3/t16-,17-/m1/s1. The average molecular weight is 402 g/mol. The van der Waals surface area contributed by atoms with E-state index < -0.39 is 18.8 Å². The second-order valence-corrected chi connectivity index (χ2v) is 6.64. The second-order valence-electron chi connectivity index (χ2n) is 6.64. The normalized spacial score (nSPS) is 13.4. The molecule has 0 aliphatic rings. The first-order valence-electron chi connectivity index (χ1n) is 9.22. The van der Waals surface area contributed by atoms with Crippen LogP contribution in [0.4, 0.5) is 5.69 Å². The summed E-state index contributed by atoms with van der Waals surface area (Å²) in [4.78, 5) is 10.2. The number of hydrogen-bond donors (Lipinski definition) is 3. The topological polar surface area (TPSA) is 113 Å². The highest BCUT2D eigenvalue weighted by Gasteiger charge is 2.26. The van der Waals surface area contributed by atoms with Gasteiger partial charge in [-0.1, -0.05) is 30.3 Å². The fourth-order valence-electron chi connectivity index (χ4n) is 3.23. The van der Waals surface area contributed by atoms with E-state index >= 15 is 0 Å². The number of fused-ring (bicyclic) bond motifs is 1. The van der Waals surface area contributed by atoms with Crippen molar-refractivity contribution >= 4 is 16.7 Å². The monoisotopic (exact) mass is 402 g/mol. The third-order valence-corrected chi connectivity index (χ3v) is 4.83. The zero-order valence-corrected chi connectivity index (χ0v) is 16.5. The summed E-state index contributed by atoms with van der Waals surface area (Å²) in [6.07, 6.45) is 2.09. The highest BCUT2D eigenvalue weighted by Crippen LogP contribution is 2.32. The number of nitrogens with zero attached hydrogens (tertiary/aromatic N) is 4. The summed E-state index contributed by atoms with van der Waals surface area (Å²) in [5.74, 6) is 0.390. The Morgan fingerprint density at radius 1 is 1.14 bits per heavy atom. The molecule has 0 saturated carbocycles. The van der Waals surface area contributed by atoms with Gasteiger partial charge >= 0.3 is 0 Å². The Morgan fingerprint density at radius 2 is 1.90 bits per heavy atom. The zero-order chi connectivity index (χ0) is 20.8. The summed E-state index contributed by atoms with van der Waals surface area (Å²) < 4.78 is 13.1. The van der Waals surface area contributed by atoms with Gasteiger partial charge in [-0.25, -0.2) is 4.98 Å². The van der Waals surface area contributed by atoms with Crippen molar-refractivity contribution in [1.29, 1.82) is 0 Å². The van der Waals surface area contributed by atoms with Crippen LogP contribution in [0.25, 0.3) is 11.0 Å². The van der Waals surface area contributed by atoms with E-state index in [0.717, 1.165) is 5.56 Å². The predicted molar refractivity (Wildman–Crippen MR) is 108 cm³/mol. The molecule has 0 saturated heterocycles. The van der Waals surface area contributed by atoms with Crippen LogP contribution < -0.4 is 9.64 Å². The third-order valence-electron chi connectivity index (χ3n) is 4.83. The van der Waals surface area contributed by atoms with Crippen molar-refractivity contribution < 1.29 is 24.8 Å². The lowest BCUT2D eigenvalue weighted by Gasteiger charge is -2.30. The van der Waals surface area contributed by atoms with Gasteiger partial charge in [-0.3, -0.25) is 0 Å². The number of methoxy groups -OCH3 is 1. The summed E-state index contributed by atoms with van der Waals surface area (Å²) in [6, 6.07) is 9.12. The molecule has 3 N–H and O–H groups in total. The summed E-state index contributed by atoms with van der Waals surface area (Å²) in [5.41, 5.74) is 2.93. The molecule has 0 bridgehead atoms. The van der Waals surface area contributed by atoms with Gasteiger partial charge in [0.25, 0.3) is 0 Å². The van der Waals surface area contributed by atoms with Crippen molar-refractivity contribution in [3.63, 3.8) is 0 Å². The van der Waals surface area contributed by atoms with E-state index in [2.05, 4.69) is 9.97 Å².